The molecule has 0 bridgehead atoms. The molecule has 0 aliphatic carbocycles. The smallest absolute Gasteiger partial charge is 0.338 e. The Kier molecular flexibility index (Phi) is 8.24. The van der Waals surface area contributed by atoms with Gasteiger partial charge in [0.1, 0.15) is 6.04 Å². The van der Waals surface area contributed by atoms with Gasteiger partial charge in [0.05, 0.1) is 24.3 Å². The van der Waals surface area contributed by atoms with E-state index < -0.39 is 65.6 Å². The zero-order valence-corrected chi connectivity index (χ0v) is 21.2. The van der Waals surface area contributed by atoms with E-state index in [0.717, 1.165) is 9.80 Å². The fraction of sp³-hybridized carbons (Fsp3) is 0.185. The predicted molar refractivity (Wildman–Crippen MR) is 138 cm³/mol. The summed E-state index contributed by atoms with van der Waals surface area (Å²) in [5.41, 5.74) is 0.376. The van der Waals surface area contributed by atoms with Gasteiger partial charge >= 0.3 is 5.97 Å². The topological polar surface area (TPSA) is 78.9 Å². The molecule has 202 valence electrons. The number of rotatable bonds is 8. The van der Waals surface area contributed by atoms with E-state index in [1.54, 1.807) is 37.3 Å². The first-order valence-electron chi connectivity index (χ1n) is 11.7. The summed E-state index contributed by atoms with van der Waals surface area (Å²) in [6.07, 6.45) is -0.463. The molecule has 1 aliphatic rings. The Morgan fingerprint density at radius 2 is 1.64 bits per heavy atom. The quantitative estimate of drug-likeness (QED) is 0.138. The van der Waals surface area contributed by atoms with Gasteiger partial charge in [-0.1, -0.05) is 18.2 Å². The number of anilines is 2. The highest BCUT2D eigenvalue weighted by molar-refractivity contribution is 7.80. The molecule has 4 rings (SSSR count). The Morgan fingerprint density at radius 1 is 0.974 bits per heavy atom. The minimum Gasteiger partial charge on any atom is -0.462 e. The highest BCUT2D eigenvalue weighted by Crippen LogP contribution is 2.30. The molecular formula is C27H21F4N3O4S. The number of esters is 1. The predicted octanol–water partition coefficient (Wildman–Crippen LogP) is 4.95. The van der Waals surface area contributed by atoms with Crippen LogP contribution >= 0.6 is 12.2 Å². The summed E-state index contributed by atoms with van der Waals surface area (Å²) >= 11 is 5.45. The van der Waals surface area contributed by atoms with Gasteiger partial charge in [-0.3, -0.25) is 14.5 Å². The lowest BCUT2D eigenvalue weighted by molar-refractivity contribution is -0.124. The van der Waals surface area contributed by atoms with E-state index in [9.17, 15) is 31.9 Å². The van der Waals surface area contributed by atoms with Gasteiger partial charge in [0.25, 0.3) is 5.91 Å². The van der Waals surface area contributed by atoms with E-state index in [1.807, 2.05) is 0 Å². The molecule has 7 nitrogen and oxygen atoms in total. The SMILES string of the molecule is CCOC(=O)c1ccc(NC(=O)CC2C(=O)N(c3ccccc3)C(=S)N2Cc2cc(F)c(F)c(F)c2F)cc1. The number of benzene rings is 3. The number of nitrogens with zero attached hydrogens (tertiary/aromatic N) is 2. The number of ether oxygens (including phenoxy) is 1. The van der Waals surface area contributed by atoms with Crippen LogP contribution in [-0.4, -0.2) is 40.4 Å². The molecule has 3 aromatic carbocycles. The first-order valence-corrected chi connectivity index (χ1v) is 12.1. The van der Waals surface area contributed by atoms with Crippen LogP contribution < -0.4 is 10.2 Å². The molecule has 1 heterocycles. The molecule has 1 saturated heterocycles. The molecule has 12 heteroatoms. The largest absolute Gasteiger partial charge is 0.462 e. The van der Waals surface area contributed by atoms with E-state index in [2.05, 4.69) is 5.32 Å². The van der Waals surface area contributed by atoms with Crippen molar-refractivity contribution >= 4 is 46.5 Å². The van der Waals surface area contributed by atoms with Gasteiger partial charge in [0.15, 0.2) is 28.4 Å². The zero-order chi connectivity index (χ0) is 28.3. The van der Waals surface area contributed by atoms with Crippen molar-refractivity contribution in [2.45, 2.75) is 25.9 Å². The minimum absolute atomic E-state index is 0.132. The van der Waals surface area contributed by atoms with Crippen LogP contribution in [0.1, 0.15) is 29.3 Å². The fourth-order valence-electron chi connectivity index (χ4n) is 4.04. The molecule has 1 aliphatic heterocycles. The van der Waals surface area contributed by atoms with Crippen molar-refractivity contribution in [2.24, 2.45) is 0 Å². The summed E-state index contributed by atoms with van der Waals surface area (Å²) < 4.78 is 60.7. The first-order chi connectivity index (χ1) is 18.6. The molecule has 1 unspecified atom stereocenters. The molecule has 0 radical (unpaired) electrons. The molecule has 1 N–H and O–H groups in total. The summed E-state index contributed by atoms with van der Waals surface area (Å²) in [6.45, 7) is 1.26. The van der Waals surface area contributed by atoms with Crippen LogP contribution in [0, 0.1) is 23.3 Å². The van der Waals surface area contributed by atoms with Gasteiger partial charge in [0.2, 0.25) is 5.91 Å². The van der Waals surface area contributed by atoms with E-state index in [1.165, 1.54) is 24.3 Å². The maximum atomic E-state index is 14.5. The summed E-state index contributed by atoms with van der Waals surface area (Å²) in [5.74, 6) is -8.99. The molecule has 0 saturated carbocycles. The third kappa shape index (κ3) is 5.75. The van der Waals surface area contributed by atoms with Crippen LogP contribution in [0.5, 0.6) is 0 Å². The standard InChI is InChI=1S/C27H21F4N3O4S/c1-2-38-26(37)15-8-10-17(11-9-15)32-21(35)13-20-25(36)34(18-6-4-3-5-7-18)27(39)33(20)14-16-12-19(28)23(30)24(31)22(16)29/h3-12,20H,2,13-14H2,1H3,(H,32,35). The van der Waals surface area contributed by atoms with Crippen molar-refractivity contribution in [3.05, 3.63) is 95.1 Å². The molecule has 2 amide bonds. The summed E-state index contributed by atoms with van der Waals surface area (Å²) in [7, 11) is 0. The number of halogens is 4. The van der Waals surface area contributed by atoms with Gasteiger partial charge in [0, 0.05) is 17.8 Å². The van der Waals surface area contributed by atoms with E-state index in [4.69, 9.17) is 17.0 Å². The van der Waals surface area contributed by atoms with E-state index in [-0.39, 0.29) is 17.3 Å². The number of hydrogen-bond donors (Lipinski definition) is 1. The average molecular weight is 560 g/mol. The Morgan fingerprint density at radius 3 is 2.28 bits per heavy atom. The molecule has 1 atom stereocenters. The number of thiocarbonyl (C=S) groups is 1. The fourth-order valence-corrected chi connectivity index (χ4v) is 4.43. The number of carbonyl (C=O) groups excluding carboxylic acids is 3. The van der Waals surface area contributed by atoms with Gasteiger partial charge in [-0.05, 0) is 61.6 Å². The Hall–Kier alpha value is -4.32. The normalized spacial score (nSPS) is 15.1. The number of amides is 2. The first kappa shape index (κ1) is 27.7. The van der Waals surface area contributed by atoms with Gasteiger partial charge < -0.3 is 15.0 Å². The Balaban J connectivity index is 1.59. The number of para-hydroxylation sites is 1. The van der Waals surface area contributed by atoms with Gasteiger partial charge in [-0.25, -0.2) is 22.4 Å². The van der Waals surface area contributed by atoms with Crippen molar-refractivity contribution < 1.29 is 36.7 Å². The lowest BCUT2D eigenvalue weighted by Crippen LogP contribution is -2.37. The van der Waals surface area contributed by atoms with Crippen LogP contribution in [0.25, 0.3) is 0 Å². The monoisotopic (exact) mass is 559 g/mol. The van der Waals surface area contributed by atoms with Crippen molar-refractivity contribution in [1.82, 2.24) is 4.90 Å². The number of carbonyl (C=O) groups is 3. The van der Waals surface area contributed by atoms with Crippen LogP contribution in [0.3, 0.4) is 0 Å². The van der Waals surface area contributed by atoms with E-state index >= 15 is 0 Å². The third-order valence-electron chi connectivity index (χ3n) is 5.91. The Labute approximate surface area is 226 Å². The van der Waals surface area contributed by atoms with Crippen LogP contribution in [0.4, 0.5) is 28.9 Å². The number of hydrogen-bond acceptors (Lipinski definition) is 5. The van der Waals surface area contributed by atoms with Gasteiger partial charge in [-0.15, -0.1) is 0 Å². The van der Waals surface area contributed by atoms with Crippen LogP contribution in [0.15, 0.2) is 60.7 Å². The second-order valence-corrected chi connectivity index (χ2v) is 8.81. The average Bonchev–Trinajstić information content (AvgIpc) is 3.15. The third-order valence-corrected chi connectivity index (χ3v) is 6.33. The second-order valence-electron chi connectivity index (χ2n) is 8.45. The number of nitrogens with one attached hydrogen (secondary N) is 1. The molecule has 1 fully saturated rings. The van der Waals surface area contributed by atoms with Crippen molar-refractivity contribution in [3.63, 3.8) is 0 Å². The molecular weight excluding hydrogens is 538 g/mol. The van der Waals surface area contributed by atoms with E-state index in [0.29, 0.717) is 17.4 Å². The second kappa shape index (κ2) is 11.6. The summed E-state index contributed by atoms with van der Waals surface area (Å²) in [5, 5.41) is 2.47. The zero-order valence-electron chi connectivity index (χ0n) is 20.4. The Bertz CT molecular complexity index is 1440. The lowest BCUT2D eigenvalue weighted by atomic mass is 10.1. The van der Waals surface area contributed by atoms with Crippen molar-refractivity contribution in [1.29, 1.82) is 0 Å². The van der Waals surface area contributed by atoms with Crippen LogP contribution in [-0.2, 0) is 20.9 Å². The maximum absolute atomic E-state index is 14.5. The van der Waals surface area contributed by atoms with Gasteiger partial charge in [-0.2, -0.15) is 0 Å². The highest BCUT2D eigenvalue weighted by Gasteiger charge is 2.44. The van der Waals surface area contributed by atoms with Crippen molar-refractivity contribution in [2.75, 3.05) is 16.8 Å². The molecule has 0 spiro atoms. The maximum Gasteiger partial charge on any atom is 0.338 e. The molecule has 3 aromatic rings. The minimum atomic E-state index is -2.00. The molecule has 39 heavy (non-hydrogen) atoms. The lowest BCUT2D eigenvalue weighted by Gasteiger charge is -2.24. The van der Waals surface area contributed by atoms with Crippen molar-refractivity contribution in [3.8, 4) is 0 Å². The molecule has 0 aromatic heterocycles. The summed E-state index contributed by atoms with van der Waals surface area (Å²) in [6, 6.07) is 13.3. The van der Waals surface area contributed by atoms with Crippen LogP contribution in [0.2, 0.25) is 0 Å². The highest BCUT2D eigenvalue weighted by atomic mass is 32.1. The summed E-state index contributed by atoms with van der Waals surface area (Å²) in [4.78, 5) is 40.5.